The van der Waals surface area contributed by atoms with Crippen molar-refractivity contribution in [2.24, 2.45) is 0 Å². The number of nitrogens with zero attached hydrogens (tertiary/aromatic N) is 3. The second-order valence-electron chi connectivity index (χ2n) is 4.74. The summed E-state index contributed by atoms with van der Waals surface area (Å²) in [5, 5.41) is 3.12. The maximum absolute atomic E-state index is 12.3. The lowest BCUT2D eigenvalue weighted by atomic mass is 10.2. The summed E-state index contributed by atoms with van der Waals surface area (Å²) in [7, 11) is 0. The van der Waals surface area contributed by atoms with Gasteiger partial charge in [0.1, 0.15) is 5.69 Å². The van der Waals surface area contributed by atoms with Gasteiger partial charge in [-0.1, -0.05) is 12.1 Å². The first kappa shape index (κ1) is 15.0. The van der Waals surface area contributed by atoms with Crippen LogP contribution in [-0.2, 0) is 0 Å². The quantitative estimate of drug-likeness (QED) is 0.917. The lowest BCUT2D eigenvalue weighted by Crippen LogP contribution is -2.31. The predicted octanol–water partition coefficient (Wildman–Crippen LogP) is 3.01. The molecule has 5 heteroatoms. The van der Waals surface area contributed by atoms with E-state index in [1.807, 2.05) is 45.0 Å². The van der Waals surface area contributed by atoms with Gasteiger partial charge in [-0.2, -0.15) is 0 Å². The Morgan fingerprint density at radius 1 is 1.24 bits per heavy atom. The third-order valence-electron chi connectivity index (χ3n) is 3.20. The number of carbonyl (C=O) groups excluding carboxylic acids is 1. The largest absolute Gasteiger partial charge is 0.338 e. The van der Waals surface area contributed by atoms with Crippen LogP contribution in [0.25, 0.3) is 0 Å². The van der Waals surface area contributed by atoms with Crippen LogP contribution >= 0.6 is 0 Å². The smallest absolute Gasteiger partial charge is 0.272 e. The minimum atomic E-state index is -0.0744. The average molecular weight is 284 g/mol. The highest BCUT2D eigenvalue weighted by Gasteiger charge is 2.14. The molecule has 2 aromatic rings. The molecule has 0 fully saturated rings. The number of aryl methyl sites for hydroxylation is 1. The number of hydrogen-bond acceptors (Lipinski definition) is 4. The lowest BCUT2D eigenvalue weighted by Gasteiger charge is -2.18. The summed E-state index contributed by atoms with van der Waals surface area (Å²) in [6.07, 6.45) is 1.60. The number of rotatable bonds is 5. The van der Waals surface area contributed by atoms with E-state index in [1.165, 1.54) is 0 Å². The molecule has 1 heterocycles. The van der Waals surface area contributed by atoms with Crippen molar-refractivity contribution < 1.29 is 4.79 Å². The van der Waals surface area contributed by atoms with Crippen LogP contribution < -0.4 is 5.32 Å². The third kappa shape index (κ3) is 3.78. The minimum absolute atomic E-state index is 0.0744. The fourth-order valence-electron chi connectivity index (χ4n) is 2.06. The van der Waals surface area contributed by atoms with Crippen molar-refractivity contribution in [2.75, 3.05) is 18.4 Å². The number of hydrogen-bond donors (Lipinski definition) is 1. The molecule has 21 heavy (non-hydrogen) atoms. The molecule has 0 saturated heterocycles. The van der Waals surface area contributed by atoms with E-state index >= 15 is 0 Å². The molecule has 1 aromatic carbocycles. The van der Waals surface area contributed by atoms with Crippen LogP contribution in [-0.4, -0.2) is 33.9 Å². The molecule has 110 valence electrons. The summed E-state index contributed by atoms with van der Waals surface area (Å²) in [5.74, 6) is 0.355. The van der Waals surface area contributed by atoms with Gasteiger partial charge in [0, 0.05) is 25.0 Å². The summed E-state index contributed by atoms with van der Waals surface area (Å²) < 4.78 is 0. The molecule has 0 aliphatic rings. The van der Waals surface area contributed by atoms with Crippen LogP contribution in [0.4, 0.5) is 11.6 Å². The molecule has 5 nitrogen and oxygen atoms in total. The van der Waals surface area contributed by atoms with E-state index < -0.39 is 0 Å². The van der Waals surface area contributed by atoms with Gasteiger partial charge in [-0.15, -0.1) is 0 Å². The van der Waals surface area contributed by atoms with Gasteiger partial charge in [-0.3, -0.25) is 4.79 Å². The van der Waals surface area contributed by atoms with Gasteiger partial charge in [-0.05, 0) is 44.5 Å². The van der Waals surface area contributed by atoms with E-state index in [4.69, 9.17) is 0 Å². The predicted molar refractivity (Wildman–Crippen MR) is 83.7 cm³/mol. The summed E-state index contributed by atoms with van der Waals surface area (Å²) in [6, 6.07) is 9.56. The van der Waals surface area contributed by atoms with Crippen molar-refractivity contribution in [2.45, 2.75) is 20.8 Å². The standard InChI is InChI=1S/C16H20N4O/c1-4-20(5-2)15(21)14-9-10-17-16(19-14)18-13-8-6-7-12(3)11-13/h6-11H,4-5H2,1-3H3,(H,17,18,19). The van der Waals surface area contributed by atoms with Crippen LogP contribution in [0.3, 0.4) is 0 Å². The Balaban J connectivity index is 2.20. The van der Waals surface area contributed by atoms with E-state index in [0.717, 1.165) is 11.3 Å². The zero-order valence-corrected chi connectivity index (χ0v) is 12.6. The van der Waals surface area contributed by atoms with Crippen molar-refractivity contribution in [1.29, 1.82) is 0 Å². The highest BCUT2D eigenvalue weighted by atomic mass is 16.2. The molecular formula is C16H20N4O. The molecule has 2 rings (SSSR count). The fraction of sp³-hybridized carbons (Fsp3) is 0.312. The molecular weight excluding hydrogens is 264 g/mol. The Morgan fingerprint density at radius 3 is 2.67 bits per heavy atom. The number of nitrogens with one attached hydrogen (secondary N) is 1. The molecule has 0 bridgehead atoms. The first-order valence-corrected chi connectivity index (χ1v) is 7.10. The van der Waals surface area contributed by atoms with Crippen LogP contribution in [0.5, 0.6) is 0 Å². The van der Waals surface area contributed by atoms with Crippen LogP contribution in [0.15, 0.2) is 36.5 Å². The molecule has 0 aliphatic carbocycles. The number of aromatic nitrogens is 2. The zero-order chi connectivity index (χ0) is 15.2. The molecule has 1 N–H and O–H groups in total. The third-order valence-corrected chi connectivity index (χ3v) is 3.20. The zero-order valence-electron chi connectivity index (χ0n) is 12.6. The molecule has 0 spiro atoms. The second-order valence-corrected chi connectivity index (χ2v) is 4.74. The van der Waals surface area contributed by atoms with Gasteiger partial charge < -0.3 is 10.2 Å². The SMILES string of the molecule is CCN(CC)C(=O)c1ccnc(Nc2cccc(C)c2)n1. The van der Waals surface area contributed by atoms with Gasteiger partial charge >= 0.3 is 0 Å². The van der Waals surface area contributed by atoms with Crippen molar-refractivity contribution in [3.8, 4) is 0 Å². The average Bonchev–Trinajstić information content (AvgIpc) is 2.48. The molecule has 0 aliphatic heterocycles. The number of benzene rings is 1. The van der Waals surface area contributed by atoms with E-state index in [0.29, 0.717) is 24.7 Å². The molecule has 0 saturated carbocycles. The van der Waals surface area contributed by atoms with Gasteiger partial charge in [-0.25, -0.2) is 9.97 Å². The Labute approximate surface area is 125 Å². The highest BCUT2D eigenvalue weighted by molar-refractivity contribution is 5.92. The topological polar surface area (TPSA) is 58.1 Å². The Hall–Kier alpha value is -2.43. The molecule has 0 radical (unpaired) electrons. The van der Waals surface area contributed by atoms with Gasteiger partial charge in [0.2, 0.25) is 5.95 Å². The summed E-state index contributed by atoms with van der Waals surface area (Å²) in [4.78, 5) is 22.5. The lowest BCUT2D eigenvalue weighted by molar-refractivity contribution is 0.0767. The van der Waals surface area contributed by atoms with Crippen molar-refractivity contribution >= 4 is 17.5 Å². The number of carbonyl (C=O) groups is 1. The van der Waals surface area contributed by atoms with Crippen molar-refractivity contribution in [3.05, 3.63) is 47.8 Å². The summed E-state index contributed by atoms with van der Waals surface area (Å²) in [6.45, 7) is 7.26. The Kier molecular flexibility index (Phi) is 4.87. The highest BCUT2D eigenvalue weighted by Crippen LogP contribution is 2.14. The van der Waals surface area contributed by atoms with Crippen molar-refractivity contribution in [3.63, 3.8) is 0 Å². The maximum atomic E-state index is 12.3. The fourth-order valence-corrected chi connectivity index (χ4v) is 2.06. The first-order chi connectivity index (χ1) is 10.1. The molecule has 0 unspecified atom stereocenters. The van der Waals surface area contributed by atoms with E-state index in [1.54, 1.807) is 17.2 Å². The minimum Gasteiger partial charge on any atom is -0.338 e. The molecule has 1 amide bonds. The second kappa shape index (κ2) is 6.83. The van der Waals surface area contributed by atoms with Crippen molar-refractivity contribution in [1.82, 2.24) is 14.9 Å². The Bertz CT molecular complexity index is 623. The monoisotopic (exact) mass is 284 g/mol. The molecule has 0 atom stereocenters. The molecule has 1 aromatic heterocycles. The normalized spacial score (nSPS) is 10.2. The van der Waals surface area contributed by atoms with Gasteiger partial charge in [0.05, 0.1) is 0 Å². The van der Waals surface area contributed by atoms with Crippen LogP contribution in [0.1, 0.15) is 29.9 Å². The summed E-state index contributed by atoms with van der Waals surface area (Å²) >= 11 is 0. The summed E-state index contributed by atoms with van der Waals surface area (Å²) in [5.41, 5.74) is 2.46. The van der Waals surface area contributed by atoms with Gasteiger partial charge in [0.15, 0.2) is 0 Å². The first-order valence-electron chi connectivity index (χ1n) is 7.10. The number of amides is 1. The number of anilines is 2. The van der Waals surface area contributed by atoms with E-state index in [-0.39, 0.29) is 5.91 Å². The van der Waals surface area contributed by atoms with Crippen LogP contribution in [0.2, 0.25) is 0 Å². The van der Waals surface area contributed by atoms with E-state index in [9.17, 15) is 4.79 Å². The van der Waals surface area contributed by atoms with Crippen LogP contribution in [0, 0.1) is 6.92 Å². The maximum Gasteiger partial charge on any atom is 0.272 e. The van der Waals surface area contributed by atoms with Gasteiger partial charge in [0.25, 0.3) is 5.91 Å². The van der Waals surface area contributed by atoms with E-state index in [2.05, 4.69) is 15.3 Å². The Morgan fingerprint density at radius 2 is 2.00 bits per heavy atom.